The number of ether oxygens (including phenoxy) is 1. The van der Waals surface area contributed by atoms with Gasteiger partial charge in [-0.05, 0) is 31.8 Å². The summed E-state index contributed by atoms with van der Waals surface area (Å²) in [5.41, 5.74) is 5.51. The molecule has 2 unspecified atom stereocenters. The summed E-state index contributed by atoms with van der Waals surface area (Å²) in [6.45, 7) is 2.46. The highest BCUT2D eigenvalue weighted by atomic mass is 16.5. The Hall–Kier alpha value is -0.610. The van der Waals surface area contributed by atoms with Crippen LogP contribution in [-0.2, 0) is 9.53 Å². The van der Waals surface area contributed by atoms with Crippen molar-refractivity contribution in [3.8, 4) is 0 Å². The number of nitrogens with two attached hydrogens (primary N) is 1. The Bertz CT molecular complexity index is 167. The zero-order valence-electron chi connectivity index (χ0n) is 8.08. The third kappa shape index (κ3) is 2.97. The molecule has 0 radical (unpaired) electrons. The molecule has 0 bridgehead atoms. The van der Waals surface area contributed by atoms with Gasteiger partial charge in [-0.25, -0.2) is 0 Å². The van der Waals surface area contributed by atoms with E-state index in [4.69, 9.17) is 5.73 Å². The van der Waals surface area contributed by atoms with Gasteiger partial charge in [0, 0.05) is 6.54 Å². The van der Waals surface area contributed by atoms with Crippen molar-refractivity contribution in [3.05, 3.63) is 0 Å². The number of carbonyl (C=O) groups excluding carboxylic acids is 1. The molecule has 1 rings (SSSR count). The van der Waals surface area contributed by atoms with Gasteiger partial charge < -0.3 is 15.8 Å². The average Bonchev–Trinajstić information content (AvgIpc) is 2.65. The molecule has 13 heavy (non-hydrogen) atoms. The molecule has 1 saturated heterocycles. The topological polar surface area (TPSA) is 64.3 Å². The van der Waals surface area contributed by atoms with E-state index in [1.165, 1.54) is 7.11 Å². The van der Waals surface area contributed by atoms with Crippen LogP contribution in [0.5, 0.6) is 0 Å². The van der Waals surface area contributed by atoms with Crippen LogP contribution in [0.3, 0.4) is 0 Å². The Labute approximate surface area is 78.8 Å². The largest absolute Gasteiger partial charge is 0.469 e. The molecule has 1 heterocycles. The van der Waals surface area contributed by atoms with Gasteiger partial charge in [0.15, 0.2) is 0 Å². The molecule has 1 aliphatic rings. The highest BCUT2D eigenvalue weighted by Crippen LogP contribution is 2.18. The predicted molar refractivity (Wildman–Crippen MR) is 50.2 cm³/mol. The molecular formula is C9H18N2O2. The second kappa shape index (κ2) is 5.19. The Morgan fingerprint density at radius 3 is 3.00 bits per heavy atom. The zero-order chi connectivity index (χ0) is 9.68. The first-order chi connectivity index (χ1) is 6.27. The summed E-state index contributed by atoms with van der Waals surface area (Å²) >= 11 is 0. The van der Waals surface area contributed by atoms with E-state index in [9.17, 15) is 4.79 Å². The molecule has 1 aliphatic heterocycles. The minimum Gasteiger partial charge on any atom is -0.469 e. The second-order valence-corrected chi connectivity index (χ2v) is 3.55. The summed E-state index contributed by atoms with van der Waals surface area (Å²) in [6, 6.07) is 0. The highest BCUT2D eigenvalue weighted by molar-refractivity contribution is 5.72. The van der Waals surface area contributed by atoms with E-state index < -0.39 is 0 Å². The summed E-state index contributed by atoms with van der Waals surface area (Å²) in [6.07, 6.45) is 2.00. The molecule has 0 aromatic carbocycles. The lowest BCUT2D eigenvalue weighted by Gasteiger charge is -2.15. The molecule has 4 heteroatoms. The van der Waals surface area contributed by atoms with Crippen LogP contribution in [0.4, 0.5) is 0 Å². The first-order valence-corrected chi connectivity index (χ1v) is 4.76. The fraction of sp³-hybridized carbons (Fsp3) is 0.889. The van der Waals surface area contributed by atoms with Crippen molar-refractivity contribution in [2.24, 2.45) is 17.6 Å². The van der Waals surface area contributed by atoms with Crippen molar-refractivity contribution in [2.75, 3.05) is 26.7 Å². The number of carbonyl (C=O) groups is 1. The van der Waals surface area contributed by atoms with E-state index in [2.05, 4.69) is 10.1 Å². The van der Waals surface area contributed by atoms with Crippen molar-refractivity contribution in [1.82, 2.24) is 5.32 Å². The van der Waals surface area contributed by atoms with Crippen LogP contribution >= 0.6 is 0 Å². The summed E-state index contributed by atoms with van der Waals surface area (Å²) in [4.78, 5) is 11.2. The number of esters is 1. The van der Waals surface area contributed by atoms with Crippen LogP contribution in [0, 0.1) is 11.8 Å². The van der Waals surface area contributed by atoms with E-state index in [1.54, 1.807) is 0 Å². The van der Waals surface area contributed by atoms with E-state index in [0.717, 1.165) is 25.9 Å². The first-order valence-electron chi connectivity index (χ1n) is 4.76. The standard InChI is InChI=1S/C9H18N2O2/c1-13-9(12)8(5-10)4-7-2-3-11-6-7/h7-8,11H,2-6,10H2,1H3. The Morgan fingerprint density at radius 1 is 1.77 bits per heavy atom. The lowest BCUT2D eigenvalue weighted by molar-refractivity contribution is -0.145. The van der Waals surface area contributed by atoms with Crippen molar-refractivity contribution >= 4 is 5.97 Å². The lowest BCUT2D eigenvalue weighted by atomic mass is 9.94. The normalized spacial score (nSPS) is 24.3. The minimum atomic E-state index is -0.172. The SMILES string of the molecule is COC(=O)C(CN)CC1CCNC1. The molecule has 0 spiro atoms. The monoisotopic (exact) mass is 186 g/mol. The number of hydrogen-bond acceptors (Lipinski definition) is 4. The summed E-state index contributed by atoms with van der Waals surface area (Å²) in [5.74, 6) is 0.303. The molecular weight excluding hydrogens is 168 g/mol. The van der Waals surface area contributed by atoms with Crippen LogP contribution in [0.2, 0.25) is 0 Å². The third-order valence-corrected chi connectivity index (χ3v) is 2.60. The fourth-order valence-electron chi connectivity index (χ4n) is 1.77. The van der Waals surface area contributed by atoms with Crippen molar-refractivity contribution in [3.63, 3.8) is 0 Å². The van der Waals surface area contributed by atoms with Crippen LogP contribution in [0.25, 0.3) is 0 Å². The van der Waals surface area contributed by atoms with Crippen molar-refractivity contribution in [2.45, 2.75) is 12.8 Å². The Balaban J connectivity index is 2.33. The van der Waals surface area contributed by atoms with Gasteiger partial charge in [0.05, 0.1) is 13.0 Å². The lowest BCUT2D eigenvalue weighted by Crippen LogP contribution is -2.27. The van der Waals surface area contributed by atoms with Gasteiger partial charge in [-0.15, -0.1) is 0 Å². The quantitative estimate of drug-likeness (QED) is 0.593. The zero-order valence-corrected chi connectivity index (χ0v) is 8.08. The number of nitrogens with one attached hydrogen (secondary N) is 1. The van der Waals surface area contributed by atoms with E-state index in [0.29, 0.717) is 12.5 Å². The molecule has 0 aromatic heterocycles. The molecule has 4 nitrogen and oxygen atoms in total. The number of hydrogen-bond donors (Lipinski definition) is 2. The highest BCUT2D eigenvalue weighted by Gasteiger charge is 2.24. The van der Waals surface area contributed by atoms with Crippen LogP contribution in [-0.4, -0.2) is 32.7 Å². The van der Waals surface area contributed by atoms with Crippen LogP contribution in [0.15, 0.2) is 0 Å². The smallest absolute Gasteiger partial charge is 0.309 e. The summed E-state index contributed by atoms with van der Waals surface area (Å²) < 4.78 is 4.67. The maximum Gasteiger partial charge on any atom is 0.309 e. The average molecular weight is 186 g/mol. The molecule has 2 atom stereocenters. The second-order valence-electron chi connectivity index (χ2n) is 3.55. The molecule has 76 valence electrons. The van der Waals surface area contributed by atoms with Crippen LogP contribution in [0.1, 0.15) is 12.8 Å². The molecule has 0 aromatic rings. The van der Waals surface area contributed by atoms with Gasteiger partial charge >= 0.3 is 5.97 Å². The predicted octanol–water partition coefficient (Wildman–Crippen LogP) is -0.266. The third-order valence-electron chi connectivity index (χ3n) is 2.60. The van der Waals surface area contributed by atoms with E-state index >= 15 is 0 Å². The van der Waals surface area contributed by atoms with Gasteiger partial charge in [-0.1, -0.05) is 0 Å². The van der Waals surface area contributed by atoms with Gasteiger partial charge in [0.2, 0.25) is 0 Å². The van der Waals surface area contributed by atoms with Gasteiger partial charge in [0.1, 0.15) is 0 Å². The molecule has 0 aliphatic carbocycles. The van der Waals surface area contributed by atoms with Crippen LogP contribution < -0.4 is 11.1 Å². The summed E-state index contributed by atoms with van der Waals surface area (Å²) in [5, 5.41) is 3.27. The first kappa shape index (κ1) is 10.5. The number of rotatable bonds is 4. The van der Waals surface area contributed by atoms with Gasteiger partial charge in [0.25, 0.3) is 0 Å². The number of methoxy groups -OCH3 is 1. The van der Waals surface area contributed by atoms with Crippen molar-refractivity contribution < 1.29 is 9.53 Å². The fourth-order valence-corrected chi connectivity index (χ4v) is 1.77. The molecule has 3 N–H and O–H groups in total. The van der Waals surface area contributed by atoms with E-state index in [-0.39, 0.29) is 11.9 Å². The van der Waals surface area contributed by atoms with Gasteiger partial charge in [-0.2, -0.15) is 0 Å². The minimum absolute atomic E-state index is 0.116. The maximum absolute atomic E-state index is 11.2. The van der Waals surface area contributed by atoms with Crippen molar-refractivity contribution in [1.29, 1.82) is 0 Å². The summed E-state index contributed by atoms with van der Waals surface area (Å²) in [7, 11) is 1.41. The Kier molecular flexibility index (Phi) is 4.18. The van der Waals surface area contributed by atoms with E-state index in [1.807, 2.05) is 0 Å². The Morgan fingerprint density at radius 2 is 2.54 bits per heavy atom. The van der Waals surface area contributed by atoms with Gasteiger partial charge in [-0.3, -0.25) is 4.79 Å². The molecule has 1 fully saturated rings. The maximum atomic E-state index is 11.2. The molecule has 0 amide bonds. The molecule has 0 saturated carbocycles.